The molecule has 6 unspecified atom stereocenters. The van der Waals surface area contributed by atoms with Gasteiger partial charge in [-0.25, -0.2) is 0 Å². The molecule has 0 aromatic rings. The lowest BCUT2D eigenvalue weighted by atomic mass is 9.31. The van der Waals surface area contributed by atoms with E-state index in [1.165, 1.54) is 66.7 Å². The van der Waals surface area contributed by atoms with Crippen LogP contribution in [-0.4, -0.2) is 63.9 Å². The predicted molar refractivity (Wildman–Crippen MR) is 221 cm³/mol. The predicted octanol–water partition coefficient (Wildman–Crippen LogP) is 6.00. The molecule has 55 heavy (non-hydrogen) atoms. The summed E-state index contributed by atoms with van der Waals surface area (Å²) in [4.78, 5) is 29.2. The van der Waals surface area contributed by atoms with Crippen LogP contribution in [0.5, 0.6) is 0 Å². The second-order valence-electron chi connectivity index (χ2n) is 20.7. The third-order valence-electron chi connectivity index (χ3n) is 17.7. The van der Waals surface area contributed by atoms with Gasteiger partial charge in [-0.05, 0) is 124 Å². The summed E-state index contributed by atoms with van der Waals surface area (Å²) >= 11 is 0. The first-order chi connectivity index (χ1) is 26.1. The maximum absolute atomic E-state index is 13.3. The average molecular weight is 765 g/mol. The molecular formula is C47H80N4O4+2. The molecule has 1 heterocycles. The van der Waals surface area contributed by atoms with Crippen molar-refractivity contribution in [2.45, 2.75) is 144 Å². The Bertz CT molecular complexity index is 1430. The maximum atomic E-state index is 13.3. The van der Waals surface area contributed by atoms with E-state index in [2.05, 4.69) is 66.2 Å². The van der Waals surface area contributed by atoms with Gasteiger partial charge in [0, 0.05) is 30.2 Å². The van der Waals surface area contributed by atoms with Crippen LogP contribution in [0.4, 0.5) is 0 Å². The average Bonchev–Trinajstić information content (AvgIpc) is 3.15. The molecule has 8 nitrogen and oxygen atoms in total. The number of ether oxygens (including phenoxy) is 2. The fourth-order valence-electron chi connectivity index (χ4n) is 14.7. The van der Waals surface area contributed by atoms with Crippen molar-refractivity contribution in [2.75, 3.05) is 45.9 Å². The summed E-state index contributed by atoms with van der Waals surface area (Å²) < 4.78 is 12.7. The fourth-order valence-corrected chi connectivity index (χ4v) is 14.7. The highest BCUT2D eigenvalue weighted by Crippen LogP contribution is 2.77. The van der Waals surface area contributed by atoms with Crippen molar-refractivity contribution < 1.29 is 28.9 Å². The van der Waals surface area contributed by atoms with Crippen LogP contribution in [0.2, 0.25) is 0 Å². The Hall–Kier alpha value is -2.16. The molecular weight excluding hydrogens is 685 g/mol. The molecule has 6 rings (SSSR count). The Morgan fingerprint density at radius 3 is 2.42 bits per heavy atom. The molecule has 0 aromatic carbocycles. The number of carbonyl (C=O) groups is 2. The Kier molecular flexibility index (Phi) is 13.1. The number of esters is 2. The Morgan fingerprint density at radius 1 is 0.927 bits per heavy atom. The summed E-state index contributed by atoms with van der Waals surface area (Å²) in [6.45, 7) is 29.6. The lowest BCUT2D eigenvalue weighted by Crippen LogP contribution is -3.09. The first-order valence-corrected chi connectivity index (χ1v) is 22.6. The normalized spacial score (nSPS) is 40.9. The number of hydrogen-bond donors (Lipinski definition) is 4. The number of nitrogens with two attached hydrogens (primary N) is 1. The van der Waals surface area contributed by atoms with Gasteiger partial charge in [-0.1, -0.05) is 53.2 Å². The van der Waals surface area contributed by atoms with Gasteiger partial charge >= 0.3 is 11.9 Å². The van der Waals surface area contributed by atoms with Crippen LogP contribution in [0.25, 0.3) is 0 Å². The number of hydrogen-bond acceptors (Lipinski definition) is 6. The topological polar surface area (TPSA) is 99.5 Å². The van der Waals surface area contributed by atoms with E-state index in [0.717, 1.165) is 64.8 Å². The standard InChI is InChI=1S/C47H78N4O4/c1-9-50(30-25-48)28-12-15-41(53)55-39-19-21-44(6)37(43(39,4)5)18-22-46(8)38(44)17-16-36-42-35(34(2)3)13-10-20-47(42,24-23-45(36,46)7)33-54-40(52)14-11-29-51-31-26-49-27-32-51/h9,26,31,35-39,42,49H,1-2,10-25,27-30,32-33,48H2,3-8H3/p+2/t35-,36?,37?,38?,39-,42?,44-,45+,46+,47+/m0/s1. The molecule has 0 bridgehead atoms. The number of fused-ring (bicyclic) bond motifs is 7. The van der Waals surface area contributed by atoms with Crippen LogP contribution in [-0.2, 0) is 19.1 Å². The second-order valence-corrected chi connectivity index (χ2v) is 20.7. The number of allylic oxidation sites excluding steroid dienone is 1. The highest BCUT2D eigenvalue weighted by Gasteiger charge is 2.70. The SMILES string of the molecule is C=C[NH+](CCN)CCCC(=O)O[C@H]1CC[C@@]2(C)C(CC[C@]3(C)C2CCC2C4[C@H](C(=C)C)CCC[C@]4(COC(=O)CCC[NH+]4C=CNCC4)CC[C@]23C)C1(C)C. The van der Waals surface area contributed by atoms with E-state index in [0.29, 0.717) is 55.6 Å². The third kappa shape index (κ3) is 8.00. The molecule has 0 aromatic heterocycles. The monoisotopic (exact) mass is 765 g/mol. The van der Waals surface area contributed by atoms with Crippen molar-refractivity contribution in [1.82, 2.24) is 5.32 Å². The summed E-state index contributed by atoms with van der Waals surface area (Å²) in [6.07, 6.45) is 21.8. The molecule has 12 atom stereocenters. The quantitative estimate of drug-likeness (QED) is 0.121. The third-order valence-corrected chi connectivity index (χ3v) is 17.7. The highest BCUT2D eigenvalue weighted by atomic mass is 16.5. The molecule has 5 aliphatic carbocycles. The highest BCUT2D eigenvalue weighted by molar-refractivity contribution is 5.69. The summed E-state index contributed by atoms with van der Waals surface area (Å²) in [7, 11) is 0. The number of nitrogens with one attached hydrogen (secondary N) is 3. The van der Waals surface area contributed by atoms with Crippen molar-refractivity contribution in [3.05, 3.63) is 37.3 Å². The van der Waals surface area contributed by atoms with Crippen molar-refractivity contribution in [1.29, 1.82) is 0 Å². The van der Waals surface area contributed by atoms with E-state index in [4.69, 9.17) is 15.2 Å². The Morgan fingerprint density at radius 2 is 1.71 bits per heavy atom. The van der Waals surface area contributed by atoms with Crippen LogP contribution in [0.3, 0.4) is 0 Å². The molecule has 0 amide bonds. The molecule has 0 saturated heterocycles. The lowest BCUT2D eigenvalue weighted by molar-refractivity contribution is -0.848. The van der Waals surface area contributed by atoms with Gasteiger partial charge in [0.2, 0.25) is 0 Å². The van der Waals surface area contributed by atoms with E-state index >= 15 is 0 Å². The first kappa shape index (κ1) is 42.4. The number of carbonyl (C=O) groups excluding carboxylic acids is 2. The Balaban J connectivity index is 1.15. The molecule has 5 N–H and O–H groups in total. The zero-order valence-electron chi connectivity index (χ0n) is 35.9. The molecule has 1 aliphatic heterocycles. The summed E-state index contributed by atoms with van der Waals surface area (Å²) in [5.74, 6) is 2.75. The minimum atomic E-state index is -0.0668. The lowest BCUT2D eigenvalue weighted by Gasteiger charge is -2.74. The molecule has 5 fully saturated rings. The molecule has 310 valence electrons. The maximum Gasteiger partial charge on any atom is 0.306 e. The summed E-state index contributed by atoms with van der Waals surface area (Å²) in [5, 5.41) is 3.26. The van der Waals surface area contributed by atoms with Gasteiger partial charge in [-0.2, -0.15) is 0 Å². The van der Waals surface area contributed by atoms with Gasteiger partial charge in [0.25, 0.3) is 0 Å². The molecule has 8 heteroatoms. The van der Waals surface area contributed by atoms with Gasteiger partial charge in [-0.3, -0.25) is 9.59 Å². The van der Waals surface area contributed by atoms with Gasteiger partial charge in [-0.15, -0.1) is 0 Å². The van der Waals surface area contributed by atoms with Crippen LogP contribution >= 0.6 is 0 Å². The number of quaternary nitrogens is 2. The van der Waals surface area contributed by atoms with Crippen LogP contribution in [0, 0.1) is 56.7 Å². The Labute approximate surface area is 334 Å². The zero-order valence-corrected chi connectivity index (χ0v) is 35.9. The summed E-state index contributed by atoms with van der Waals surface area (Å²) in [6, 6.07) is 0. The van der Waals surface area contributed by atoms with Crippen LogP contribution < -0.4 is 20.9 Å². The first-order valence-electron chi connectivity index (χ1n) is 22.6. The number of rotatable bonds is 15. The van der Waals surface area contributed by atoms with Gasteiger partial charge in [0.15, 0.2) is 0 Å². The van der Waals surface area contributed by atoms with Crippen molar-refractivity contribution in [3.63, 3.8) is 0 Å². The molecule has 5 saturated carbocycles. The van der Waals surface area contributed by atoms with Gasteiger partial charge < -0.3 is 30.3 Å². The van der Waals surface area contributed by atoms with Crippen LogP contribution in [0.1, 0.15) is 138 Å². The van der Waals surface area contributed by atoms with E-state index in [9.17, 15) is 9.59 Å². The van der Waals surface area contributed by atoms with Gasteiger partial charge in [0.1, 0.15) is 12.3 Å². The van der Waals surface area contributed by atoms with Crippen molar-refractivity contribution in [2.24, 2.45) is 62.4 Å². The van der Waals surface area contributed by atoms with Crippen molar-refractivity contribution in [3.8, 4) is 0 Å². The molecule has 0 radical (unpaired) electrons. The largest absolute Gasteiger partial charge is 0.465 e. The fraction of sp³-hybridized carbons (Fsp3) is 0.830. The summed E-state index contributed by atoms with van der Waals surface area (Å²) in [5.41, 5.74) is 7.77. The van der Waals surface area contributed by atoms with Gasteiger partial charge in [0.05, 0.1) is 64.6 Å². The van der Waals surface area contributed by atoms with Crippen molar-refractivity contribution >= 4 is 11.9 Å². The minimum Gasteiger partial charge on any atom is -0.465 e. The van der Waals surface area contributed by atoms with E-state index in [-0.39, 0.29) is 45.1 Å². The zero-order chi connectivity index (χ0) is 39.6. The molecule has 0 spiro atoms. The van der Waals surface area contributed by atoms with Crippen LogP contribution in [0.15, 0.2) is 37.3 Å². The minimum absolute atomic E-state index is 0.00826. The van der Waals surface area contributed by atoms with E-state index < -0.39 is 0 Å². The smallest absolute Gasteiger partial charge is 0.306 e. The second kappa shape index (κ2) is 17.0. The van der Waals surface area contributed by atoms with E-state index in [1.54, 1.807) is 0 Å². The molecule has 6 aliphatic rings. The van der Waals surface area contributed by atoms with E-state index in [1.807, 2.05) is 12.4 Å².